The van der Waals surface area contributed by atoms with Gasteiger partial charge in [0.1, 0.15) is 17.9 Å². The maximum absolute atomic E-state index is 11.4. The van der Waals surface area contributed by atoms with Crippen molar-refractivity contribution in [2.24, 2.45) is 0 Å². The third-order valence-corrected chi connectivity index (χ3v) is 3.77. The van der Waals surface area contributed by atoms with Crippen molar-refractivity contribution in [3.8, 4) is 5.75 Å². The van der Waals surface area contributed by atoms with E-state index in [0.29, 0.717) is 13.0 Å². The number of rotatable bonds is 4. The van der Waals surface area contributed by atoms with Gasteiger partial charge in [-0.15, -0.1) is 12.4 Å². The standard InChI is InChI=1S/C14H18BrNO3.ClH/c1-3-9-6-10(15)4-5-13(9)19-11-7-12(16-8-11)14(17)18-2;/h4-6,11-12,16H,3,7-8H2,1-2H3;1H/t11-,12+;/m1./s1. The van der Waals surface area contributed by atoms with E-state index < -0.39 is 0 Å². The van der Waals surface area contributed by atoms with Crippen LogP contribution >= 0.6 is 28.3 Å². The van der Waals surface area contributed by atoms with Crippen molar-refractivity contribution in [3.05, 3.63) is 28.2 Å². The second-order valence-electron chi connectivity index (χ2n) is 4.57. The number of hydrogen-bond donors (Lipinski definition) is 1. The summed E-state index contributed by atoms with van der Waals surface area (Å²) >= 11 is 3.46. The van der Waals surface area contributed by atoms with Gasteiger partial charge in [-0.05, 0) is 30.2 Å². The van der Waals surface area contributed by atoms with Crippen LogP contribution in [0.25, 0.3) is 0 Å². The second kappa shape index (κ2) is 7.86. The van der Waals surface area contributed by atoms with Gasteiger partial charge in [0.2, 0.25) is 0 Å². The van der Waals surface area contributed by atoms with E-state index in [-0.39, 0.29) is 30.5 Å². The molecule has 112 valence electrons. The van der Waals surface area contributed by atoms with E-state index in [1.54, 1.807) is 0 Å². The third kappa shape index (κ3) is 4.11. The van der Waals surface area contributed by atoms with E-state index in [1.165, 1.54) is 7.11 Å². The molecule has 0 aliphatic carbocycles. The van der Waals surface area contributed by atoms with E-state index >= 15 is 0 Å². The summed E-state index contributed by atoms with van der Waals surface area (Å²) in [5, 5.41) is 3.12. The SMILES string of the molecule is CCc1cc(Br)ccc1O[C@H]1CN[C@H](C(=O)OC)C1.Cl. The summed E-state index contributed by atoms with van der Waals surface area (Å²) in [6, 6.07) is 5.74. The third-order valence-electron chi connectivity index (χ3n) is 3.27. The number of esters is 1. The minimum Gasteiger partial charge on any atom is -0.489 e. The van der Waals surface area contributed by atoms with Gasteiger partial charge >= 0.3 is 5.97 Å². The molecule has 4 nitrogen and oxygen atoms in total. The minimum absolute atomic E-state index is 0. The van der Waals surface area contributed by atoms with Crippen molar-refractivity contribution in [2.45, 2.75) is 31.9 Å². The zero-order valence-electron chi connectivity index (χ0n) is 11.5. The molecule has 1 aliphatic heterocycles. The van der Waals surface area contributed by atoms with E-state index in [2.05, 4.69) is 34.2 Å². The molecule has 6 heteroatoms. The minimum atomic E-state index is -0.254. The fourth-order valence-corrected chi connectivity index (χ4v) is 2.64. The molecule has 1 aliphatic rings. The van der Waals surface area contributed by atoms with Crippen LogP contribution in [0.4, 0.5) is 0 Å². The molecule has 0 radical (unpaired) electrons. The van der Waals surface area contributed by atoms with Crippen molar-refractivity contribution in [1.29, 1.82) is 0 Å². The maximum atomic E-state index is 11.4. The van der Waals surface area contributed by atoms with Crippen LogP contribution in [0, 0.1) is 0 Å². The largest absolute Gasteiger partial charge is 0.489 e. The van der Waals surface area contributed by atoms with Gasteiger partial charge in [-0.1, -0.05) is 22.9 Å². The zero-order valence-corrected chi connectivity index (χ0v) is 13.9. The summed E-state index contributed by atoms with van der Waals surface area (Å²) in [7, 11) is 1.40. The lowest BCUT2D eigenvalue weighted by Gasteiger charge is -2.16. The number of carbonyl (C=O) groups excluding carboxylic acids is 1. The van der Waals surface area contributed by atoms with Crippen LogP contribution in [0.2, 0.25) is 0 Å². The predicted molar refractivity (Wildman–Crippen MR) is 83.6 cm³/mol. The zero-order chi connectivity index (χ0) is 13.8. The lowest BCUT2D eigenvalue weighted by atomic mass is 10.1. The number of ether oxygens (including phenoxy) is 2. The highest BCUT2D eigenvalue weighted by Gasteiger charge is 2.31. The Morgan fingerprint density at radius 2 is 2.25 bits per heavy atom. The monoisotopic (exact) mass is 363 g/mol. The lowest BCUT2D eigenvalue weighted by molar-refractivity contribution is -0.142. The molecule has 0 unspecified atom stereocenters. The molecule has 20 heavy (non-hydrogen) atoms. The molecule has 1 aromatic carbocycles. The first kappa shape index (κ1) is 17.3. The molecule has 0 amide bonds. The Morgan fingerprint density at radius 3 is 2.90 bits per heavy atom. The van der Waals surface area contributed by atoms with Crippen LogP contribution in [-0.2, 0) is 16.0 Å². The quantitative estimate of drug-likeness (QED) is 0.835. The molecular weight excluding hydrogens is 346 g/mol. The number of methoxy groups -OCH3 is 1. The Labute approximate surface area is 133 Å². The Morgan fingerprint density at radius 1 is 1.50 bits per heavy atom. The van der Waals surface area contributed by atoms with Crippen LogP contribution in [0.3, 0.4) is 0 Å². The fourth-order valence-electron chi connectivity index (χ4n) is 2.23. The number of halogens is 2. The summed E-state index contributed by atoms with van der Waals surface area (Å²) < 4.78 is 11.8. The van der Waals surface area contributed by atoms with Gasteiger partial charge in [-0.25, -0.2) is 0 Å². The molecule has 1 N–H and O–H groups in total. The van der Waals surface area contributed by atoms with Gasteiger partial charge in [0.25, 0.3) is 0 Å². The molecule has 0 spiro atoms. The van der Waals surface area contributed by atoms with Gasteiger partial charge in [0, 0.05) is 17.4 Å². The summed E-state index contributed by atoms with van der Waals surface area (Å²) in [4.78, 5) is 11.4. The van der Waals surface area contributed by atoms with Crippen LogP contribution in [0.5, 0.6) is 5.75 Å². The summed E-state index contributed by atoms with van der Waals surface area (Å²) in [6.07, 6.45) is 1.57. The highest BCUT2D eigenvalue weighted by atomic mass is 79.9. The van der Waals surface area contributed by atoms with E-state index in [9.17, 15) is 4.79 Å². The van der Waals surface area contributed by atoms with Crippen molar-refractivity contribution < 1.29 is 14.3 Å². The number of aryl methyl sites for hydroxylation is 1. The highest BCUT2D eigenvalue weighted by molar-refractivity contribution is 9.10. The van der Waals surface area contributed by atoms with Crippen LogP contribution in [0.1, 0.15) is 18.9 Å². The molecule has 1 saturated heterocycles. The Bertz CT molecular complexity index is 470. The first-order valence-electron chi connectivity index (χ1n) is 6.40. The number of nitrogens with one attached hydrogen (secondary N) is 1. The number of benzene rings is 1. The van der Waals surface area contributed by atoms with Crippen molar-refractivity contribution >= 4 is 34.3 Å². The van der Waals surface area contributed by atoms with Gasteiger partial charge in [0.05, 0.1) is 7.11 Å². The van der Waals surface area contributed by atoms with Gasteiger partial charge in [-0.2, -0.15) is 0 Å². The summed E-state index contributed by atoms with van der Waals surface area (Å²) in [6.45, 7) is 2.76. The molecular formula is C14H19BrClNO3. The molecule has 1 heterocycles. The van der Waals surface area contributed by atoms with Crippen molar-refractivity contribution in [1.82, 2.24) is 5.32 Å². The molecule has 1 aromatic rings. The van der Waals surface area contributed by atoms with Crippen LogP contribution < -0.4 is 10.1 Å². The highest BCUT2D eigenvalue weighted by Crippen LogP contribution is 2.26. The summed E-state index contributed by atoms with van der Waals surface area (Å²) in [5.74, 6) is 0.667. The predicted octanol–water partition coefficient (Wildman–Crippen LogP) is 2.72. The van der Waals surface area contributed by atoms with Crippen LogP contribution in [-0.4, -0.2) is 31.8 Å². The fraction of sp³-hybridized carbons (Fsp3) is 0.500. The average molecular weight is 365 g/mol. The van der Waals surface area contributed by atoms with Crippen LogP contribution in [0.15, 0.2) is 22.7 Å². The topological polar surface area (TPSA) is 47.6 Å². The first-order chi connectivity index (χ1) is 9.13. The van der Waals surface area contributed by atoms with Gasteiger partial charge in [-0.3, -0.25) is 4.79 Å². The van der Waals surface area contributed by atoms with E-state index in [4.69, 9.17) is 9.47 Å². The Kier molecular flexibility index (Phi) is 6.79. The van der Waals surface area contributed by atoms with Crippen molar-refractivity contribution in [3.63, 3.8) is 0 Å². The Balaban J connectivity index is 0.00000200. The first-order valence-corrected chi connectivity index (χ1v) is 7.19. The molecule has 2 atom stereocenters. The molecule has 0 bridgehead atoms. The van der Waals surface area contributed by atoms with Crippen molar-refractivity contribution in [2.75, 3.05) is 13.7 Å². The summed E-state index contributed by atoms with van der Waals surface area (Å²) in [5.41, 5.74) is 1.16. The average Bonchev–Trinajstić information content (AvgIpc) is 2.88. The second-order valence-corrected chi connectivity index (χ2v) is 5.48. The molecule has 2 rings (SSSR count). The van der Waals surface area contributed by atoms with E-state index in [1.807, 2.05) is 12.1 Å². The number of carbonyl (C=O) groups is 1. The normalized spacial score (nSPS) is 21.1. The van der Waals surface area contributed by atoms with Gasteiger partial charge < -0.3 is 14.8 Å². The molecule has 1 fully saturated rings. The Hall–Kier alpha value is -0.780. The maximum Gasteiger partial charge on any atom is 0.323 e. The molecule has 0 aromatic heterocycles. The number of hydrogen-bond acceptors (Lipinski definition) is 4. The smallest absolute Gasteiger partial charge is 0.323 e. The van der Waals surface area contributed by atoms with Gasteiger partial charge in [0.15, 0.2) is 0 Å². The van der Waals surface area contributed by atoms with E-state index in [0.717, 1.165) is 22.2 Å². The molecule has 0 saturated carbocycles. The lowest BCUT2D eigenvalue weighted by Crippen LogP contribution is -2.31.